The lowest BCUT2D eigenvalue weighted by Gasteiger charge is -2.13. The molecule has 0 bridgehead atoms. The van der Waals surface area contributed by atoms with Crippen LogP contribution in [0, 0.1) is 0 Å². The third-order valence-electron chi connectivity index (χ3n) is 4.03. The van der Waals surface area contributed by atoms with Gasteiger partial charge in [0.2, 0.25) is 0 Å². The topological polar surface area (TPSA) is 43.4 Å². The summed E-state index contributed by atoms with van der Waals surface area (Å²) in [7, 11) is 1.63. The smallest absolute Gasteiger partial charge is 0.161 e. The van der Waals surface area contributed by atoms with Crippen LogP contribution in [0.25, 0.3) is 0 Å². The van der Waals surface area contributed by atoms with Gasteiger partial charge in [-0.05, 0) is 47.5 Å². The monoisotopic (exact) mass is 437 g/mol. The highest BCUT2D eigenvalue weighted by Crippen LogP contribution is 2.30. The molecule has 0 amide bonds. The van der Waals surface area contributed by atoms with Gasteiger partial charge in [-0.1, -0.05) is 35.3 Å². The Kier molecular flexibility index (Phi) is 8.87. The largest absolute Gasteiger partial charge is 1.00 e. The standard InChI is InChI=1S/C21H20Cl2N2O2.ClH/c1-26-21-10-16(13-25-12-15-6-8-24-9-7-15)2-5-20(21)27-14-17-3-4-18(22)11-19(17)23;/h2-11,25H,12-14H2,1H3;1H/p-1. The Morgan fingerprint density at radius 3 is 2.36 bits per heavy atom. The molecule has 148 valence electrons. The molecule has 0 aliphatic rings. The maximum atomic E-state index is 6.19. The van der Waals surface area contributed by atoms with Crippen molar-refractivity contribution >= 4 is 23.2 Å². The number of halogens is 3. The van der Waals surface area contributed by atoms with Crippen LogP contribution >= 0.6 is 23.2 Å². The van der Waals surface area contributed by atoms with E-state index in [9.17, 15) is 0 Å². The third-order valence-corrected chi connectivity index (χ3v) is 4.62. The van der Waals surface area contributed by atoms with Gasteiger partial charge in [0.1, 0.15) is 6.61 Å². The lowest BCUT2D eigenvalue weighted by atomic mass is 10.2. The number of ether oxygens (including phenoxy) is 2. The highest BCUT2D eigenvalue weighted by molar-refractivity contribution is 6.35. The molecule has 0 atom stereocenters. The molecule has 28 heavy (non-hydrogen) atoms. The molecule has 2 aromatic carbocycles. The first kappa shape index (κ1) is 22.3. The molecular weight excluding hydrogens is 419 g/mol. The van der Waals surface area contributed by atoms with E-state index in [2.05, 4.69) is 10.3 Å². The highest BCUT2D eigenvalue weighted by Gasteiger charge is 2.08. The Morgan fingerprint density at radius 2 is 1.64 bits per heavy atom. The van der Waals surface area contributed by atoms with E-state index in [1.807, 2.05) is 36.4 Å². The molecule has 0 radical (unpaired) electrons. The molecule has 0 saturated heterocycles. The van der Waals surface area contributed by atoms with Crippen molar-refractivity contribution in [3.8, 4) is 11.5 Å². The Morgan fingerprint density at radius 1 is 0.893 bits per heavy atom. The van der Waals surface area contributed by atoms with E-state index in [0.717, 1.165) is 24.2 Å². The summed E-state index contributed by atoms with van der Waals surface area (Å²) in [4.78, 5) is 4.02. The van der Waals surface area contributed by atoms with E-state index in [0.29, 0.717) is 28.2 Å². The van der Waals surface area contributed by atoms with E-state index in [1.165, 1.54) is 5.56 Å². The van der Waals surface area contributed by atoms with Gasteiger partial charge in [-0.25, -0.2) is 0 Å². The molecule has 0 aliphatic carbocycles. The second-order valence-electron chi connectivity index (χ2n) is 5.97. The predicted molar refractivity (Wildman–Crippen MR) is 109 cm³/mol. The van der Waals surface area contributed by atoms with Crippen molar-refractivity contribution in [1.29, 1.82) is 0 Å². The maximum absolute atomic E-state index is 6.19. The molecule has 0 spiro atoms. The molecule has 0 fully saturated rings. The summed E-state index contributed by atoms with van der Waals surface area (Å²) in [6.07, 6.45) is 3.58. The van der Waals surface area contributed by atoms with Crippen molar-refractivity contribution in [2.24, 2.45) is 0 Å². The molecule has 1 aromatic heterocycles. The first-order chi connectivity index (χ1) is 13.2. The lowest BCUT2D eigenvalue weighted by Crippen LogP contribution is -3.00. The molecule has 1 heterocycles. The fraction of sp³-hybridized carbons (Fsp3) is 0.190. The van der Waals surface area contributed by atoms with Crippen LogP contribution in [0.4, 0.5) is 0 Å². The third kappa shape index (κ3) is 6.28. The number of methoxy groups -OCH3 is 1. The van der Waals surface area contributed by atoms with E-state index < -0.39 is 0 Å². The van der Waals surface area contributed by atoms with E-state index in [-0.39, 0.29) is 12.4 Å². The summed E-state index contributed by atoms with van der Waals surface area (Å²) in [5.74, 6) is 1.35. The first-order valence-electron chi connectivity index (χ1n) is 8.49. The summed E-state index contributed by atoms with van der Waals surface area (Å²) in [5.41, 5.74) is 3.17. The van der Waals surface area contributed by atoms with E-state index >= 15 is 0 Å². The molecule has 3 rings (SSSR count). The number of benzene rings is 2. The van der Waals surface area contributed by atoms with Crippen LogP contribution in [0.3, 0.4) is 0 Å². The zero-order valence-electron chi connectivity index (χ0n) is 15.3. The quantitative estimate of drug-likeness (QED) is 0.586. The molecule has 4 nitrogen and oxygen atoms in total. The van der Waals surface area contributed by atoms with Gasteiger partial charge in [-0.15, -0.1) is 0 Å². The number of aromatic nitrogens is 1. The van der Waals surface area contributed by atoms with Gasteiger partial charge in [0.15, 0.2) is 11.5 Å². The number of nitrogens with one attached hydrogen (secondary N) is 1. The number of rotatable bonds is 8. The van der Waals surface area contributed by atoms with Crippen molar-refractivity contribution in [3.05, 3.63) is 87.7 Å². The molecule has 0 saturated carbocycles. The van der Waals surface area contributed by atoms with Crippen LogP contribution in [0.2, 0.25) is 10.0 Å². The van der Waals surface area contributed by atoms with Crippen LogP contribution in [-0.4, -0.2) is 12.1 Å². The zero-order chi connectivity index (χ0) is 19.1. The van der Waals surface area contributed by atoms with Gasteiger partial charge in [-0.2, -0.15) is 0 Å². The summed E-state index contributed by atoms with van der Waals surface area (Å²) in [5, 5.41) is 4.59. The lowest BCUT2D eigenvalue weighted by molar-refractivity contribution is -0.00000592. The fourth-order valence-corrected chi connectivity index (χ4v) is 3.05. The number of hydrogen-bond acceptors (Lipinski definition) is 4. The minimum atomic E-state index is 0. The number of pyridine rings is 1. The Bertz CT molecular complexity index is 892. The van der Waals surface area contributed by atoms with Crippen molar-refractivity contribution < 1.29 is 21.9 Å². The van der Waals surface area contributed by atoms with Gasteiger partial charge in [0.25, 0.3) is 0 Å². The Labute approximate surface area is 181 Å². The second kappa shape index (κ2) is 11.1. The van der Waals surface area contributed by atoms with Crippen molar-refractivity contribution in [2.45, 2.75) is 19.7 Å². The van der Waals surface area contributed by atoms with Crippen molar-refractivity contribution in [2.75, 3.05) is 7.11 Å². The molecule has 0 unspecified atom stereocenters. The molecule has 7 heteroatoms. The van der Waals surface area contributed by atoms with Crippen molar-refractivity contribution in [1.82, 2.24) is 10.3 Å². The van der Waals surface area contributed by atoms with Gasteiger partial charge in [0.05, 0.1) is 7.11 Å². The average Bonchev–Trinajstić information content (AvgIpc) is 2.68. The SMILES string of the molecule is COc1cc(CNCc2ccncc2)ccc1OCc1ccc(Cl)cc1Cl.[Cl-]. The minimum absolute atomic E-state index is 0. The molecule has 3 aromatic rings. The van der Waals surface area contributed by atoms with Crippen LogP contribution in [0.15, 0.2) is 60.9 Å². The molecule has 1 N–H and O–H groups in total. The normalized spacial score (nSPS) is 10.2. The Balaban J connectivity index is 0.00000280. The summed E-state index contributed by atoms with van der Waals surface area (Å²) in [6, 6.07) is 15.2. The summed E-state index contributed by atoms with van der Waals surface area (Å²) >= 11 is 12.1. The second-order valence-corrected chi connectivity index (χ2v) is 6.81. The van der Waals surface area contributed by atoms with Gasteiger partial charge in [0, 0.05) is 41.1 Å². The average molecular weight is 439 g/mol. The molecular formula is C21H20Cl3N2O2-. The van der Waals surface area contributed by atoms with Crippen molar-refractivity contribution in [3.63, 3.8) is 0 Å². The highest BCUT2D eigenvalue weighted by atomic mass is 35.5. The van der Waals surface area contributed by atoms with Gasteiger partial charge >= 0.3 is 0 Å². The van der Waals surface area contributed by atoms with Crippen LogP contribution in [-0.2, 0) is 19.7 Å². The predicted octanol–water partition coefficient (Wildman–Crippen LogP) is 2.27. The Hall–Kier alpha value is -1.98. The zero-order valence-corrected chi connectivity index (χ0v) is 17.6. The number of nitrogens with zero attached hydrogens (tertiary/aromatic N) is 1. The summed E-state index contributed by atoms with van der Waals surface area (Å²) in [6.45, 7) is 1.84. The van der Waals surface area contributed by atoms with E-state index in [4.69, 9.17) is 32.7 Å². The maximum Gasteiger partial charge on any atom is 0.161 e. The van der Waals surface area contributed by atoms with Gasteiger partial charge < -0.3 is 27.2 Å². The van der Waals surface area contributed by atoms with Gasteiger partial charge in [-0.3, -0.25) is 4.98 Å². The molecule has 0 aliphatic heterocycles. The van der Waals surface area contributed by atoms with Crippen LogP contribution in [0.1, 0.15) is 16.7 Å². The first-order valence-corrected chi connectivity index (χ1v) is 9.24. The summed E-state index contributed by atoms with van der Waals surface area (Å²) < 4.78 is 11.4. The fourth-order valence-electron chi connectivity index (χ4n) is 2.59. The number of hydrogen-bond donors (Lipinski definition) is 1. The van der Waals surface area contributed by atoms with Crippen LogP contribution in [0.5, 0.6) is 11.5 Å². The van der Waals surface area contributed by atoms with Crippen LogP contribution < -0.4 is 27.2 Å². The minimum Gasteiger partial charge on any atom is -1.00 e. The van der Waals surface area contributed by atoms with E-state index in [1.54, 1.807) is 31.6 Å².